The van der Waals surface area contributed by atoms with Crippen LogP contribution in [0.25, 0.3) is 0 Å². The lowest BCUT2D eigenvalue weighted by Crippen LogP contribution is -2.38. The number of benzene rings is 1. The van der Waals surface area contributed by atoms with Crippen molar-refractivity contribution in [2.75, 3.05) is 20.2 Å². The van der Waals surface area contributed by atoms with Crippen molar-refractivity contribution in [1.29, 1.82) is 0 Å². The Morgan fingerprint density at radius 3 is 2.80 bits per heavy atom. The van der Waals surface area contributed by atoms with Crippen molar-refractivity contribution in [2.45, 2.75) is 39.3 Å². The summed E-state index contributed by atoms with van der Waals surface area (Å²) in [4.78, 5) is 14.8. The summed E-state index contributed by atoms with van der Waals surface area (Å²) in [7, 11) is 1.59. The number of methoxy groups -OCH3 is 1. The fourth-order valence-electron chi connectivity index (χ4n) is 2.64. The number of aryl methyl sites for hydroxylation is 1. The molecule has 1 amide bonds. The van der Waals surface area contributed by atoms with E-state index in [9.17, 15) is 4.79 Å². The molecule has 0 saturated carbocycles. The van der Waals surface area contributed by atoms with Gasteiger partial charge in [-0.1, -0.05) is 11.6 Å². The van der Waals surface area contributed by atoms with Gasteiger partial charge in [0.15, 0.2) is 0 Å². The first-order valence-corrected chi connectivity index (χ1v) is 7.21. The van der Waals surface area contributed by atoms with Crippen LogP contribution in [0.3, 0.4) is 0 Å². The number of nitrogens with one attached hydrogen (secondary N) is 1. The van der Waals surface area contributed by atoms with E-state index in [4.69, 9.17) is 4.74 Å². The zero-order chi connectivity index (χ0) is 14.7. The number of hydrogen-bond acceptors (Lipinski definition) is 3. The molecule has 0 radical (unpaired) electrons. The smallest absolute Gasteiger partial charge is 0.255 e. The van der Waals surface area contributed by atoms with E-state index in [1.165, 1.54) is 0 Å². The van der Waals surface area contributed by atoms with Crippen LogP contribution < -0.4 is 10.1 Å². The molecule has 1 N–H and O–H groups in total. The van der Waals surface area contributed by atoms with E-state index < -0.39 is 0 Å². The second-order valence-electron chi connectivity index (χ2n) is 5.75. The Morgan fingerprint density at radius 2 is 2.20 bits per heavy atom. The van der Waals surface area contributed by atoms with E-state index in [2.05, 4.69) is 24.1 Å². The molecule has 1 aliphatic heterocycles. The normalized spacial score (nSPS) is 19.4. The summed E-state index contributed by atoms with van der Waals surface area (Å²) < 4.78 is 5.27. The van der Waals surface area contributed by atoms with Gasteiger partial charge in [0.25, 0.3) is 5.91 Å². The molecule has 1 aliphatic rings. The molecule has 0 spiro atoms. The molecule has 0 aliphatic carbocycles. The predicted molar refractivity (Wildman–Crippen MR) is 80.3 cm³/mol. The van der Waals surface area contributed by atoms with Crippen LogP contribution in [-0.2, 0) is 0 Å². The van der Waals surface area contributed by atoms with Crippen molar-refractivity contribution < 1.29 is 9.53 Å². The van der Waals surface area contributed by atoms with Crippen molar-refractivity contribution in [3.05, 3.63) is 29.3 Å². The molecule has 0 bridgehead atoms. The Kier molecular flexibility index (Phi) is 4.65. The highest BCUT2D eigenvalue weighted by Crippen LogP contribution is 2.20. The Balaban J connectivity index is 2.04. The SMILES string of the molecule is COc1ccc(C)cc1C(=O)NC1CCN(C(C)C)C1. The Morgan fingerprint density at radius 1 is 1.45 bits per heavy atom. The van der Waals surface area contributed by atoms with E-state index in [0.29, 0.717) is 17.4 Å². The summed E-state index contributed by atoms with van der Waals surface area (Å²) in [5.74, 6) is 0.591. The first-order chi connectivity index (χ1) is 9.51. The first-order valence-electron chi connectivity index (χ1n) is 7.21. The van der Waals surface area contributed by atoms with Gasteiger partial charge in [-0.05, 0) is 39.3 Å². The Bertz CT molecular complexity index is 485. The average molecular weight is 276 g/mol. The molecule has 4 heteroatoms. The lowest BCUT2D eigenvalue weighted by atomic mass is 10.1. The van der Waals surface area contributed by atoms with Gasteiger partial charge in [0.2, 0.25) is 0 Å². The minimum absolute atomic E-state index is 0.0406. The van der Waals surface area contributed by atoms with Crippen molar-refractivity contribution >= 4 is 5.91 Å². The number of likely N-dealkylation sites (tertiary alicyclic amines) is 1. The quantitative estimate of drug-likeness (QED) is 0.917. The van der Waals surface area contributed by atoms with Gasteiger partial charge in [0.1, 0.15) is 5.75 Å². The van der Waals surface area contributed by atoms with Crippen LogP contribution in [0, 0.1) is 6.92 Å². The summed E-state index contributed by atoms with van der Waals surface area (Å²) in [5.41, 5.74) is 1.68. The number of amides is 1. The largest absolute Gasteiger partial charge is 0.496 e. The number of hydrogen-bond donors (Lipinski definition) is 1. The lowest BCUT2D eigenvalue weighted by Gasteiger charge is -2.20. The highest BCUT2D eigenvalue weighted by atomic mass is 16.5. The molecule has 1 aromatic rings. The Hall–Kier alpha value is -1.55. The monoisotopic (exact) mass is 276 g/mol. The topological polar surface area (TPSA) is 41.6 Å². The number of carbonyl (C=O) groups is 1. The highest BCUT2D eigenvalue weighted by Gasteiger charge is 2.26. The number of ether oxygens (including phenoxy) is 1. The second kappa shape index (κ2) is 6.27. The molecule has 0 aromatic heterocycles. The molecule has 4 nitrogen and oxygen atoms in total. The molecule has 2 rings (SSSR count). The van der Waals surface area contributed by atoms with Gasteiger partial charge in [-0.2, -0.15) is 0 Å². The van der Waals surface area contributed by atoms with Crippen molar-refractivity contribution in [3.63, 3.8) is 0 Å². The van der Waals surface area contributed by atoms with Gasteiger partial charge < -0.3 is 10.1 Å². The van der Waals surface area contributed by atoms with Gasteiger partial charge in [-0.25, -0.2) is 0 Å². The third-order valence-corrected chi connectivity index (χ3v) is 3.88. The molecule has 1 fully saturated rings. The van der Waals surface area contributed by atoms with Gasteiger partial charge in [0, 0.05) is 25.2 Å². The minimum atomic E-state index is -0.0406. The summed E-state index contributed by atoms with van der Waals surface area (Å²) in [6.45, 7) is 8.33. The van der Waals surface area contributed by atoms with Crippen LogP contribution in [0.15, 0.2) is 18.2 Å². The van der Waals surface area contributed by atoms with E-state index in [1.807, 2.05) is 25.1 Å². The number of nitrogens with zero attached hydrogens (tertiary/aromatic N) is 1. The maximum absolute atomic E-state index is 12.4. The number of carbonyl (C=O) groups excluding carboxylic acids is 1. The maximum Gasteiger partial charge on any atom is 0.255 e. The van der Waals surface area contributed by atoms with Gasteiger partial charge >= 0.3 is 0 Å². The third-order valence-electron chi connectivity index (χ3n) is 3.88. The summed E-state index contributed by atoms with van der Waals surface area (Å²) in [6.07, 6.45) is 1.01. The minimum Gasteiger partial charge on any atom is -0.496 e. The second-order valence-corrected chi connectivity index (χ2v) is 5.75. The van der Waals surface area contributed by atoms with Crippen LogP contribution in [0.5, 0.6) is 5.75 Å². The molecule has 110 valence electrons. The number of rotatable bonds is 4. The highest BCUT2D eigenvalue weighted by molar-refractivity contribution is 5.97. The first kappa shape index (κ1) is 14.9. The van der Waals surface area contributed by atoms with Gasteiger partial charge in [-0.15, -0.1) is 0 Å². The van der Waals surface area contributed by atoms with Crippen molar-refractivity contribution in [2.24, 2.45) is 0 Å². The predicted octanol–water partition coefficient (Wildman–Crippen LogP) is 2.22. The van der Waals surface area contributed by atoms with Crippen LogP contribution in [0.4, 0.5) is 0 Å². The summed E-state index contributed by atoms with van der Waals surface area (Å²) in [6, 6.07) is 6.44. The van der Waals surface area contributed by atoms with Gasteiger partial charge in [-0.3, -0.25) is 9.69 Å². The van der Waals surface area contributed by atoms with E-state index >= 15 is 0 Å². The Labute approximate surface area is 121 Å². The van der Waals surface area contributed by atoms with E-state index in [0.717, 1.165) is 25.1 Å². The summed E-state index contributed by atoms with van der Waals surface area (Å²) in [5, 5.41) is 3.12. The van der Waals surface area contributed by atoms with Crippen LogP contribution in [0.2, 0.25) is 0 Å². The van der Waals surface area contributed by atoms with E-state index in [1.54, 1.807) is 7.11 Å². The molecule has 1 heterocycles. The standard InChI is InChI=1S/C16H24N2O2/c1-11(2)18-8-7-13(10-18)17-16(19)14-9-12(3)5-6-15(14)20-4/h5-6,9,11,13H,7-8,10H2,1-4H3,(H,17,19). The fraction of sp³-hybridized carbons (Fsp3) is 0.562. The summed E-state index contributed by atoms with van der Waals surface area (Å²) >= 11 is 0. The zero-order valence-electron chi connectivity index (χ0n) is 12.8. The van der Waals surface area contributed by atoms with E-state index in [-0.39, 0.29) is 11.9 Å². The van der Waals surface area contributed by atoms with Crippen LogP contribution in [0.1, 0.15) is 36.2 Å². The fourth-order valence-corrected chi connectivity index (χ4v) is 2.64. The average Bonchev–Trinajstić information content (AvgIpc) is 2.87. The zero-order valence-corrected chi connectivity index (χ0v) is 12.8. The van der Waals surface area contributed by atoms with Gasteiger partial charge in [0.05, 0.1) is 12.7 Å². The molecular formula is C16H24N2O2. The molecule has 1 aromatic carbocycles. The van der Waals surface area contributed by atoms with Crippen molar-refractivity contribution in [3.8, 4) is 5.75 Å². The molecule has 1 unspecified atom stereocenters. The van der Waals surface area contributed by atoms with Crippen molar-refractivity contribution in [1.82, 2.24) is 10.2 Å². The molecule has 20 heavy (non-hydrogen) atoms. The molecular weight excluding hydrogens is 252 g/mol. The third kappa shape index (κ3) is 3.31. The van der Waals surface area contributed by atoms with Crippen LogP contribution >= 0.6 is 0 Å². The van der Waals surface area contributed by atoms with Crippen LogP contribution in [-0.4, -0.2) is 43.1 Å². The molecule has 1 atom stereocenters. The maximum atomic E-state index is 12.4. The molecule has 1 saturated heterocycles. The lowest BCUT2D eigenvalue weighted by molar-refractivity contribution is 0.0933.